The van der Waals surface area contributed by atoms with Crippen molar-refractivity contribution in [3.05, 3.63) is 57.3 Å². The molecule has 0 aliphatic rings. The van der Waals surface area contributed by atoms with Gasteiger partial charge in [-0.2, -0.15) is 0 Å². The number of anilines is 1. The fourth-order valence-corrected chi connectivity index (χ4v) is 3.24. The minimum atomic E-state index is -0.106. The van der Waals surface area contributed by atoms with Crippen LogP contribution < -0.4 is 5.32 Å². The van der Waals surface area contributed by atoms with Crippen molar-refractivity contribution >= 4 is 49.8 Å². The molecule has 3 nitrogen and oxygen atoms in total. The number of hydrogen-bond acceptors (Lipinski definition) is 3. The molecule has 19 heavy (non-hydrogen) atoms. The highest BCUT2D eigenvalue weighted by Gasteiger charge is 2.11. The maximum Gasteiger partial charge on any atom is 0.266 e. The van der Waals surface area contributed by atoms with Crippen LogP contribution in [0.15, 0.2) is 52.4 Å². The molecule has 0 radical (unpaired) electrons. The molecule has 0 aliphatic heterocycles. The highest BCUT2D eigenvalue weighted by molar-refractivity contribution is 9.10. The van der Waals surface area contributed by atoms with Crippen molar-refractivity contribution in [1.82, 2.24) is 4.98 Å². The van der Waals surface area contributed by atoms with E-state index in [9.17, 15) is 4.79 Å². The molecule has 0 fully saturated rings. The van der Waals surface area contributed by atoms with E-state index in [-0.39, 0.29) is 5.91 Å². The van der Waals surface area contributed by atoms with Crippen LogP contribution in [0.3, 0.4) is 0 Å². The number of halogens is 1. The summed E-state index contributed by atoms with van der Waals surface area (Å²) in [5.41, 5.74) is 1.68. The first-order chi connectivity index (χ1) is 9.24. The number of hydrogen-bond donors (Lipinski definition) is 1. The van der Waals surface area contributed by atoms with E-state index in [1.165, 1.54) is 11.3 Å². The van der Waals surface area contributed by atoms with Gasteiger partial charge in [0.2, 0.25) is 0 Å². The Hall–Kier alpha value is -1.72. The zero-order chi connectivity index (χ0) is 13.2. The summed E-state index contributed by atoms with van der Waals surface area (Å²) in [7, 11) is 0. The number of rotatable bonds is 2. The lowest BCUT2D eigenvalue weighted by Crippen LogP contribution is -2.10. The van der Waals surface area contributed by atoms with Gasteiger partial charge in [0, 0.05) is 21.7 Å². The van der Waals surface area contributed by atoms with E-state index in [0.29, 0.717) is 4.88 Å². The van der Waals surface area contributed by atoms with Gasteiger partial charge in [-0.1, -0.05) is 6.07 Å². The molecular formula is C14H9BrN2OS. The fraction of sp³-hybridized carbons (Fsp3) is 0. The lowest BCUT2D eigenvalue weighted by atomic mass is 10.2. The summed E-state index contributed by atoms with van der Waals surface area (Å²) in [5.74, 6) is -0.106. The Labute approximate surface area is 122 Å². The van der Waals surface area contributed by atoms with Gasteiger partial charge in [-0.3, -0.25) is 9.78 Å². The second-order valence-electron chi connectivity index (χ2n) is 3.96. The fourth-order valence-electron chi connectivity index (χ4n) is 1.80. The van der Waals surface area contributed by atoms with Crippen molar-refractivity contribution < 1.29 is 4.79 Å². The first kappa shape index (κ1) is 12.3. The van der Waals surface area contributed by atoms with Crippen LogP contribution in [-0.4, -0.2) is 10.9 Å². The average molecular weight is 333 g/mol. The van der Waals surface area contributed by atoms with E-state index >= 15 is 0 Å². The van der Waals surface area contributed by atoms with Crippen molar-refractivity contribution in [3.63, 3.8) is 0 Å². The molecule has 2 heterocycles. The molecule has 0 atom stereocenters. The molecule has 0 unspecified atom stereocenters. The minimum Gasteiger partial charge on any atom is -0.321 e. The number of carbonyl (C=O) groups is 1. The topological polar surface area (TPSA) is 42.0 Å². The van der Waals surface area contributed by atoms with Crippen LogP contribution in [0, 0.1) is 0 Å². The van der Waals surface area contributed by atoms with Crippen molar-refractivity contribution in [3.8, 4) is 0 Å². The van der Waals surface area contributed by atoms with E-state index in [1.807, 2.05) is 41.8 Å². The Morgan fingerprint density at radius 2 is 2.16 bits per heavy atom. The Kier molecular flexibility index (Phi) is 3.31. The SMILES string of the molecule is O=C(Nc1ccc2ncccc2c1)c1sccc1Br. The van der Waals surface area contributed by atoms with Gasteiger partial charge in [0.15, 0.2) is 0 Å². The molecule has 1 amide bonds. The van der Waals surface area contributed by atoms with E-state index in [4.69, 9.17) is 0 Å². The lowest BCUT2D eigenvalue weighted by molar-refractivity contribution is 0.103. The third-order valence-electron chi connectivity index (χ3n) is 2.68. The maximum atomic E-state index is 12.1. The average Bonchev–Trinajstić information content (AvgIpc) is 2.85. The number of fused-ring (bicyclic) bond motifs is 1. The van der Waals surface area contributed by atoms with Gasteiger partial charge in [-0.25, -0.2) is 0 Å². The van der Waals surface area contributed by atoms with E-state index < -0.39 is 0 Å². The predicted octanol–water partition coefficient (Wildman–Crippen LogP) is 4.31. The number of aromatic nitrogens is 1. The van der Waals surface area contributed by atoms with Crippen LogP contribution in [0.2, 0.25) is 0 Å². The molecular weight excluding hydrogens is 324 g/mol. The maximum absolute atomic E-state index is 12.1. The monoisotopic (exact) mass is 332 g/mol. The number of carbonyl (C=O) groups excluding carboxylic acids is 1. The van der Waals surface area contributed by atoms with Crippen molar-refractivity contribution in [2.45, 2.75) is 0 Å². The Balaban J connectivity index is 1.89. The highest BCUT2D eigenvalue weighted by Crippen LogP contribution is 2.24. The highest BCUT2D eigenvalue weighted by atomic mass is 79.9. The Morgan fingerprint density at radius 3 is 2.95 bits per heavy atom. The summed E-state index contributed by atoms with van der Waals surface area (Å²) in [6.07, 6.45) is 1.75. The van der Waals surface area contributed by atoms with Gasteiger partial charge >= 0.3 is 0 Å². The van der Waals surface area contributed by atoms with Crippen LogP contribution in [0.4, 0.5) is 5.69 Å². The second-order valence-corrected chi connectivity index (χ2v) is 5.73. The number of nitrogens with zero attached hydrogens (tertiary/aromatic N) is 1. The van der Waals surface area contributed by atoms with E-state index in [2.05, 4.69) is 26.2 Å². The number of pyridine rings is 1. The second kappa shape index (κ2) is 5.11. The smallest absolute Gasteiger partial charge is 0.266 e. The number of thiophene rings is 1. The first-order valence-corrected chi connectivity index (χ1v) is 7.30. The normalized spacial score (nSPS) is 10.6. The quantitative estimate of drug-likeness (QED) is 0.759. The molecule has 0 spiro atoms. The zero-order valence-corrected chi connectivity index (χ0v) is 12.2. The van der Waals surface area contributed by atoms with Crippen LogP contribution >= 0.6 is 27.3 Å². The Morgan fingerprint density at radius 1 is 1.26 bits per heavy atom. The van der Waals surface area contributed by atoms with Gasteiger partial charge in [-0.05, 0) is 51.6 Å². The summed E-state index contributed by atoms with van der Waals surface area (Å²) in [6, 6.07) is 11.4. The molecule has 0 saturated carbocycles. The van der Waals surface area contributed by atoms with Gasteiger partial charge in [0.25, 0.3) is 5.91 Å². The van der Waals surface area contributed by atoms with Crippen LogP contribution in [0.25, 0.3) is 10.9 Å². The summed E-state index contributed by atoms with van der Waals surface area (Å²) in [5, 5.41) is 5.77. The third kappa shape index (κ3) is 2.52. The largest absolute Gasteiger partial charge is 0.321 e. The molecule has 0 saturated heterocycles. The van der Waals surface area contributed by atoms with Crippen LogP contribution in [0.5, 0.6) is 0 Å². The lowest BCUT2D eigenvalue weighted by Gasteiger charge is -2.05. The molecule has 3 rings (SSSR count). The van der Waals surface area contributed by atoms with Crippen LogP contribution in [0.1, 0.15) is 9.67 Å². The van der Waals surface area contributed by atoms with Gasteiger partial charge in [0.05, 0.1) is 5.52 Å². The minimum absolute atomic E-state index is 0.106. The Bertz CT molecular complexity index is 754. The molecule has 1 N–H and O–H groups in total. The van der Waals surface area contributed by atoms with Crippen molar-refractivity contribution in [2.75, 3.05) is 5.32 Å². The van der Waals surface area contributed by atoms with Gasteiger partial charge < -0.3 is 5.32 Å². The standard InChI is InChI=1S/C14H9BrN2OS/c15-11-5-7-19-13(11)14(18)17-10-3-4-12-9(8-10)2-1-6-16-12/h1-8H,(H,17,18). The summed E-state index contributed by atoms with van der Waals surface area (Å²) >= 11 is 4.77. The molecule has 5 heteroatoms. The van der Waals surface area contributed by atoms with E-state index in [1.54, 1.807) is 6.20 Å². The molecule has 3 aromatic rings. The molecule has 0 bridgehead atoms. The van der Waals surface area contributed by atoms with Crippen molar-refractivity contribution in [1.29, 1.82) is 0 Å². The molecule has 2 aromatic heterocycles. The van der Waals surface area contributed by atoms with Gasteiger partial charge in [0.1, 0.15) is 4.88 Å². The molecule has 1 aromatic carbocycles. The number of amides is 1. The molecule has 94 valence electrons. The predicted molar refractivity (Wildman–Crippen MR) is 81.7 cm³/mol. The summed E-state index contributed by atoms with van der Waals surface area (Å²) in [6.45, 7) is 0. The van der Waals surface area contributed by atoms with E-state index in [0.717, 1.165) is 21.1 Å². The summed E-state index contributed by atoms with van der Waals surface area (Å²) < 4.78 is 0.817. The van der Waals surface area contributed by atoms with Gasteiger partial charge in [-0.15, -0.1) is 11.3 Å². The zero-order valence-electron chi connectivity index (χ0n) is 9.76. The number of nitrogens with one attached hydrogen (secondary N) is 1. The summed E-state index contributed by atoms with van der Waals surface area (Å²) in [4.78, 5) is 17.0. The number of benzene rings is 1. The molecule has 0 aliphatic carbocycles. The van der Waals surface area contributed by atoms with Crippen LogP contribution in [-0.2, 0) is 0 Å². The first-order valence-electron chi connectivity index (χ1n) is 5.63. The van der Waals surface area contributed by atoms with Crippen molar-refractivity contribution in [2.24, 2.45) is 0 Å². The third-order valence-corrected chi connectivity index (χ3v) is 4.52.